The smallest absolute Gasteiger partial charge is 0.246 e. The molecule has 0 aliphatic carbocycles. The molecule has 0 unspecified atom stereocenters. The highest BCUT2D eigenvalue weighted by Crippen LogP contribution is 2.47. The number of hydrogen-bond donors (Lipinski definition) is 0. The molecule has 0 saturated heterocycles. The average molecular weight is 641 g/mol. The lowest BCUT2D eigenvalue weighted by Gasteiger charge is -2.33. The van der Waals surface area contributed by atoms with Crippen molar-refractivity contribution < 1.29 is 23.0 Å². The van der Waals surface area contributed by atoms with Gasteiger partial charge in [-0.25, -0.2) is 13.8 Å². The Morgan fingerprint density at radius 1 is 1.11 bits per heavy atom. The maximum Gasteiger partial charge on any atom is 0.246 e. The van der Waals surface area contributed by atoms with Crippen LogP contribution < -0.4 is 4.74 Å². The van der Waals surface area contributed by atoms with Crippen LogP contribution in [0.5, 0.6) is 5.75 Å². The second kappa shape index (κ2) is 11.8. The molecule has 6 aromatic rings. The van der Waals surface area contributed by atoms with Crippen molar-refractivity contribution in [3.8, 4) is 39.5 Å². The molecule has 0 fully saturated rings. The topological polar surface area (TPSA) is 87.3 Å². The van der Waals surface area contributed by atoms with Crippen molar-refractivity contribution in [2.45, 2.75) is 19.5 Å². The first-order chi connectivity index (χ1) is 22.3. The summed E-state index contributed by atoms with van der Waals surface area (Å²) in [7, 11) is 3.41. The van der Waals surface area contributed by atoms with Crippen LogP contribution in [-0.4, -0.2) is 62.2 Å². The molecule has 0 bridgehead atoms. The van der Waals surface area contributed by atoms with Gasteiger partial charge < -0.3 is 14.4 Å². The predicted octanol–water partition coefficient (Wildman–Crippen LogP) is 6.77. The Kier molecular flexibility index (Phi) is 7.61. The SMILES string of the molecule is C=CC(=O)N1CCn2nc(-c3nc(-c4ccc5cnn(C)c5c4)c4ccsc4c3-c3c(F)cc(F)cc3OCCOC)cc2[C@@H]1C. The molecule has 1 amide bonds. The van der Waals surface area contributed by atoms with Crippen molar-refractivity contribution in [2.75, 3.05) is 26.9 Å². The van der Waals surface area contributed by atoms with Crippen LogP contribution >= 0.6 is 11.3 Å². The van der Waals surface area contributed by atoms with E-state index in [0.29, 0.717) is 35.7 Å². The van der Waals surface area contributed by atoms with Crippen LogP contribution in [0.1, 0.15) is 18.7 Å². The lowest BCUT2D eigenvalue weighted by atomic mass is 9.96. The Bertz CT molecular complexity index is 2150. The quantitative estimate of drug-likeness (QED) is 0.135. The first kappa shape index (κ1) is 29.8. The number of nitrogens with zero attached hydrogens (tertiary/aromatic N) is 6. The van der Waals surface area contributed by atoms with Crippen molar-refractivity contribution in [2.24, 2.45) is 7.05 Å². The second-order valence-corrected chi connectivity index (χ2v) is 12.0. The number of aryl methyl sites for hydroxylation is 1. The van der Waals surface area contributed by atoms with Crippen molar-refractivity contribution >= 4 is 38.2 Å². The molecule has 0 N–H and O–H groups in total. The number of carbonyl (C=O) groups is 1. The fraction of sp³-hybridized carbons (Fsp3) is 0.235. The number of thiophene rings is 1. The number of carbonyl (C=O) groups excluding carboxylic acids is 1. The summed E-state index contributed by atoms with van der Waals surface area (Å²) in [5.41, 5.74) is 4.72. The van der Waals surface area contributed by atoms with Gasteiger partial charge in [0.25, 0.3) is 0 Å². The zero-order valence-electron chi connectivity index (χ0n) is 25.5. The van der Waals surface area contributed by atoms with Crippen LogP contribution in [0.4, 0.5) is 8.78 Å². The molecule has 0 radical (unpaired) electrons. The van der Waals surface area contributed by atoms with Gasteiger partial charge in [0.1, 0.15) is 35.4 Å². The lowest BCUT2D eigenvalue weighted by molar-refractivity contribution is -0.129. The fourth-order valence-electron chi connectivity index (χ4n) is 6.13. The zero-order valence-corrected chi connectivity index (χ0v) is 26.3. The first-order valence-electron chi connectivity index (χ1n) is 14.7. The van der Waals surface area contributed by atoms with Gasteiger partial charge in [-0.3, -0.25) is 14.2 Å². The van der Waals surface area contributed by atoms with E-state index >= 15 is 4.39 Å². The van der Waals surface area contributed by atoms with Gasteiger partial charge in [0.15, 0.2) is 0 Å². The third kappa shape index (κ3) is 4.94. The predicted molar refractivity (Wildman–Crippen MR) is 174 cm³/mol. The fourth-order valence-corrected chi connectivity index (χ4v) is 7.08. The van der Waals surface area contributed by atoms with Crippen molar-refractivity contribution in [1.29, 1.82) is 0 Å². The summed E-state index contributed by atoms with van der Waals surface area (Å²) in [6, 6.07) is 11.6. The molecule has 5 heterocycles. The molecule has 1 aliphatic rings. The average Bonchev–Trinajstić information content (AvgIpc) is 3.80. The van der Waals surface area contributed by atoms with Crippen LogP contribution in [0.2, 0.25) is 0 Å². The number of rotatable bonds is 8. The van der Waals surface area contributed by atoms with Gasteiger partial charge in [0, 0.05) is 59.4 Å². The van der Waals surface area contributed by atoms with E-state index in [-0.39, 0.29) is 36.5 Å². The Morgan fingerprint density at radius 2 is 1.96 bits per heavy atom. The van der Waals surface area contributed by atoms with Crippen LogP contribution in [0.3, 0.4) is 0 Å². The zero-order chi connectivity index (χ0) is 32.1. The molecule has 12 heteroatoms. The first-order valence-corrected chi connectivity index (χ1v) is 15.6. The normalized spacial score (nSPS) is 14.6. The van der Waals surface area contributed by atoms with E-state index < -0.39 is 11.6 Å². The van der Waals surface area contributed by atoms with Crippen LogP contribution in [0.15, 0.2) is 66.7 Å². The Balaban J connectivity index is 1.51. The molecule has 1 atom stereocenters. The Morgan fingerprint density at radius 3 is 2.76 bits per heavy atom. The minimum absolute atomic E-state index is 0.0384. The van der Waals surface area contributed by atoms with E-state index in [1.54, 1.807) is 15.8 Å². The maximum atomic E-state index is 16.0. The van der Waals surface area contributed by atoms with Crippen molar-refractivity contribution in [3.63, 3.8) is 0 Å². The maximum absolute atomic E-state index is 16.0. The third-order valence-electron chi connectivity index (χ3n) is 8.40. The molecule has 4 aromatic heterocycles. The van der Waals surface area contributed by atoms with E-state index in [0.717, 1.165) is 38.3 Å². The molecule has 0 spiro atoms. The highest BCUT2D eigenvalue weighted by Gasteiger charge is 2.31. The highest BCUT2D eigenvalue weighted by molar-refractivity contribution is 7.18. The van der Waals surface area contributed by atoms with Gasteiger partial charge >= 0.3 is 0 Å². The summed E-state index contributed by atoms with van der Waals surface area (Å²) < 4.78 is 46.1. The summed E-state index contributed by atoms with van der Waals surface area (Å²) in [5.74, 6) is -1.67. The van der Waals surface area contributed by atoms with Gasteiger partial charge in [-0.1, -0.05) is 18.7 Å². The molecule has 7 rings (SSSR count). The highest BCUT2D eigenvalue weighted by atomic mass is 32.1. The van der Waals surface area contributed by atoms with Gasteiger partial charge in [-0.15, -0.1) is 11.3 Å². The van der Waals surface area contributed by atoms with E-state index in [4.69, 9.17) is 19.6 Å². The number of halogens is 2. The van der Waals surface area contributed by atoms with E-state index in [2.05, 4.69) is 11.7 Å². The van der Waals surface area contributed by atoms with Gasteiger partial charge in [0.2, 0.25) is 5.91 Å². The molecule has 9 nitrogen and oxygen atoms in total. The monoisotopic (exact) mass is 640 g/mol. The summed E-state index contributed by atoms with van der Waals surface area (Å²) in [4.78, 5) is 19.5. The Labute approximate surface area is 267 Å². The molecular formula is C34H30F2N6O3S. The number of methoxy groups -OCH3 is 1. The summed E-state index contributed by atoms with van der Waals surface area (Å²) in [6.45, 7) is 6.84. The number of amides is 1. The molecule has 1 aliphatic heterocycles. The van der Waals surface area contributed by atoms with Crippen LogP contribution in [-0.2, 0) is 23.1 Å². The molecule has 2 aromatic carbocycles. The second-order valence-electron chi connectivity index (χ2n) is 11.1. The van der Waals surface area contributed by atoms with Gasteiger partial charge in [-0.2, -0.15) is 10.2 Å². The third-order valence-corrected chi connectivity index (χ3v) is 9.34. The van der Waals surface area contributed by atoms with Crippen LogP contribution in [0.25, 0.3) is 54.8 Å². The van der Waals surface area contributed by atoms with Gasteiger partial charge in [-0.05, 0) is 36.6 Å². The summed E-state index contributed by atoms with van der Waals surface area (Å²) in [5, 5.41) is 13.0. The molecular weight excluding hydrogens is 610 g/mol. The molecule has 46 heavy (non-hydrogen) atoms. The lowest BCUT2D eigenvalue weighted by Crippen LogP contribution is -2.40. The summed E-state index contributed by atoms with van der Waals surface area (Å²) >= 11 is 1.43. The van der Waals surface area contributed by atoms with Gasteiger partial charge in [0.05, 0.1) is 47.9 Å². The number of benzene rings is 2. The van der Waals surface area contributed by atoms with Crippen molar-refractivity contribution in [3.05, 3.63) is 84.0 Å². The van der Waals surface area contributed by atoms with Crippen molar-refractivity contribution in [1.82, 2.24) is 29.4 Å². The number of pyridine rings is 1. The van der Waals surface area contributed by atoms with E-state index in [1.807, 2.05) is 54.4 Å². The molecule has 0 saturated carbocycles. The summed E-state index contributed by atoms with van der Waals surface area (Å²) in [6.07, 6.45) is 3.11. The minimum atomic E-state index is -0.783. The number of ether oxygens (including phenoxy) is 2. The number of fused-ring (bicyclic) bond motifs is 3. The van der Waals surface area contributed by atoms with E-state index in [1.165, 1.54) is 30.6 Å². The minimum Gasteiger partial charge on any atom is -0.490 e. The largest absolute Gasteiger partial charge is 0.490 e. The molecule has 234 valence electrons. The van der Waals surface area contributed by atoms with E-state index in [9.17, 15) is 9.18 Å². The Hall–Kier alpha value is -4.94. The number of hydrogen-bond acceptors (Lipinski definition) is 7. The van der Waals surface area contributed by atoms with Crippen LogP contribution in [0, 0.1) is 11.6 Å². The standard InChI is InChI=1S/C34H30F2N6O3S/c1-5-29(43)41-9-10-42-26(19(41)2)17-25(39-42)33-31(30-24(36)15-22(35)16-28(30)45-12-11-44-4)34-23(8-13-46-34)32(38-33)20-6-7-21-18-37-40(3)27(21)14-20/h5-8,13-19H,1,9-12H2,2-4H3/t19-/m0/s1. The number of aromatic nitrogens is 5.